The lowest BCUT2D eigenvalue weighted by molar-refractivity contribution is 0.200. The molecular weight excluding hydrogens is 372 g/mol. The lowest BCUT2D eigenvalue weighted by Gasteiger charge is -2.10. The Labute approximate surface area is 169 Å². The van der Waals surface area contributed by atoms with Gasteiger partial charge in [0.15, 0.2) is 0 Å². The number of phenols is 1. The fourth-order valence-electron chi connectivity index (χ4n) is 2.88. The molecule has 8 heteroatoms. The van der Waals surface area contributed by atoms with Crippen molar-refractivity contribution in [2.45, 2.75) is 39.0 Å². The Balaban J connectivity index is 1.64. The van der Waals surface area contributed by atoms with Gasteiger partial charge >= 0.3 is 6.09 Å². The smallest absolute Gasteiger partial charge is 0.412 e. The van der Waals surface area contributed by atoms with Gasteiger partial charge in [-0.1, -0.05) is 32.6 Å². The number of hydrogen-bond acceptors (Lipinski definition) is 7. The zero-order valence-electron chi connectivity index (χ0n) is 16.3. The Morgan fingerprint density at radius 3 is 2.76 bits per heavy atom. The average molecular weight is 396 g/mol. The first kappa shape index (κ1) is 20.3. The van der Waals surface area contributed by atoms with Crippen molar-refractivity contribution in [3.05, 3.63) is 43.1 Å². The summed E-state index contributed by atoms with van der Waals surface area (Å²) in [5.74, 6) is 0.687. The van der Waals surface area contributed by atoms with E-state index in [1.54, 1.807) is 24.5 Å². The second-order valence-corrected chi connectivity index (χ2v) is 6.62. The molecule has 0 aliphatic heterocycles. The number of nitrogens with zero attached hydrogens (tertiary/aromatic N) is 3. The number of pyridine rings is 1. The fourth-order valence-corrected chi connectivity index (χ4v) is 2.88. The third kappa shape index (κ3) is 5.78. The maximum atomic E-state index is 12.0. The van der Waals surface area contributed by atoms with Gasteiger partial charge in [-0.3, -0.25) is 4.98 Å². The number of hydrogen-bond donors (Lipinski definition) is 2. The average Bonchev–Trinajstić information content (AvgIpc) is 3.27. The zero-order chi connectivity index (χ0) is 20.5. The quantitative estimate of drug-likeness (QED) is 0.510. The van der Waals surface area contributed by atoms with Gasteiger partial charge in [0, 0.05) is 30.1 Å². The first-order valence-electron chi connectivity index (χ1n) is 9.68. The van der Waals surface area contributed by atoms with Crippen LogP contribution in [0.5, 0.6) is 11.5 Å². The van der Waals surface area contributed by atoms with E-state index in [9.17, 15) is 9.90 Å². The van der Waals surface area contributed by atoms with Crippen molar-refractivity contribution in [1.82, 2.24) is 20.5 Å². The van der Waals surface area contributed by atoms with Crippen LogP contribution in [0.25, 0.3) is 22.6 Å². The van der Waals surface area contributed by atoms with E-state index in [2.05, 4.69) is 27.4 Å². The molecule has 0 fully saturated rings. The maximum Gasteiger partial charge on any atom is 0.412 e. The van der Waals surface area contributed by atoms with Gasteiger partial charge in [0.1, 0.15) is 11.5 Å². The van der Waals surface area contributed by atoms with E-state index in [-0.39, 0.29) is 5.75 Å². The minimum atomic E-state index is -0.519. The normalized spacial score (nSPS) is 10.7. The molecule has 0 bridgehead atoms. The van der Waals surface area contributed by atoms with Crippen molar-refractivity contribution in [3.8, 4) is 34.1 Å². The van der Waals surface area contributed by atoms with E-state index in [1.165, 1.54) is 37.8 Å². The van der Waals surface area contributed by atoms with Crippen LogP contribution < -0.4 is 10.1 Å². The number of amides is 1. The zero-order valence-corrected chi connectivity index (χ0v) is 16.3. The minimum Gasteiger partial charge on any atom is -0.507 e. The number of aromatic nitrogens is 3. The third-order valence-corrected chi connectivity index (χ3v) is 4.38. The predicted octanol–water partition coefficient (Wildman–Crippen LogP) is 4.56. The standard InChI is InChI=1S/C21H24N4O4/c1-2-3-4-5-6-9-23-21(27)29-17-7-8-19(26)18(11-17)15-10-16(13-22-12-15)20-25-24-14-28-20/h7-8,10-14,26H,2-6,9H2,1H3,(H,23,27). The van der Waals surface area contributed by atoms with Gasteiger partial charge in [0.25, 0.3) is 0 Å². The van der Waals surface area contributed by atoms with E-state index in [0.29, 0.717) is 34.9 Å². The molecule has 2 heterocycles. The molecule has 2 N–H and O–H groups in total. The number of ether oxygens (including phenoxy) is 1. The molecule has 152 valence electrons. The van der Waals surface area contributed by atoms with Crippen LogP contribution in [0.15, 0.2) is 47.5 Å². The molecule has 29 heavy (non-hydrogen) atoms. The lowest BCUT2D eigenvalue weighted by atomic mass is 10.0. The number of nitrogens with one attached hydrogen (secondary N) is 1. The summed E-state index contributed by atoms with van der Waals surface area (Å²) in [7, 11) is 0. The molecule has 3 rings (SSSR count). The third-order valence-electron chi connectivity index (χ3n) is 4.38. The Morgan fingerprint density at radius 1 is 1.14 bits per heavy atom. The summed E-state index contributed by atoms with van der Waals surface area (Å²) in [5.41, 5.74) is 1.72. The number of rotatable bonds is 9. The Morgan fingerprint density at radius 2 is 1.97 bits per heavy atom. The monoisotopic (exact) mass is 396 g/mol. The summed E-state index contributed by atoms with van der Waals surface area (Å²) in [6, 6.07) is 6.36. The van der Waals surface area contributed by atoms with Crippen LogP contribution in [0.3, 0.4) is 0 Å². The number of carbonyl (C=O) groups excluding carboxylic acids is 1. The number of phenolic OH excluding ortho intramolecular Hbond substituents is 1. The van der Waals surface area contributed by atoms with Gasteiger partial charge in [-0.2, -0.15) is 0 Å². The first-order valence-corrected chi connectivity index (χ1v) is 9.68. The summed E-state index contributed by atoms with van der Waals surface area (Å²) in [6.07, 6.45) is 9.47. The molecule has 0 aliphatic rings. The van der Waals surface area contributed by atoms with Crippen LogP contribution in [-0.4, -0.2) is 32.9 Å². The van der Waals surface area contributed by atoms with Gasteiger partial charge in [0.05, 0.1) is 5.56 Å². The molecule has 0 atom stereocenters. The van der Waals surface area contributed by atoms with Crippen LogP contribution >= 0.6 is 0 Å². The Kier molecular flexibility index (Phi) is 7.16. The van der Waals surface area contributed by atoms with Crippen LogP contribution in [0.2, 0.25) is 0 Å². The Hall–Kier alpha value is -3.42. The number of carbonyl (C=O) groups is 1. The maximum absolute atomic E-state index is 12.0. The van der Waals surface area contributed by atoms with Gasteiger partial charge < -0.3 is 19.6 Å². The molecule has 0 spiro atoms. The van der Waals surface area contributed by atoms with Crippen molar-refractivity contribution in [1.29, 1.82) is 0 Å². The van der Waals surface area contributed by atoms with Gasteiger partial charge in [-0.25, -0.2) is 4.79 Å². The number of benzene rings is 1. The van der Waals surface area contributed by atoms with Crippen LogP contribution in [-0.2, 0) is 0 Å². The molecule has 3 aromatic rings. The van der Waals surface area contributed by atoms with Crippen molar-refractivity contribution in [2.75, 3.05) is 6.54 Å². The first-order chi connectivity index (χ1) is 14.2. The van der Waals surface area contributed by atoms with E-state index < -0.39 is 6.09 Å². The van der Waals surface area contributed by atoms with Gasteiger partial charge in [0.2, 0.25) is 12.3 Å². The molecule has 1 aromatic carbocycles. The summed E-state index contributed by atoms with van der Waals surface area (Å²) in [4.78, 5) is 16.2. The molecular formula is C21H24N4O4. The SMILES string of the molecule is CCCCCCCNC(=O)Oc1ccc(O)c(-c2cncc(-c3nnco3)c2)c1. The van der Waals surface area contributed by atoms with Crippen LogP contribution in [0.4, 0.5) is 4.79 Å². The molecule has 2 aromatic heterocycles. The molecule has 8 nitrogen and oxygen atoms in total. The molecule has 0 aliphatic carbocycles. The lowest BCUT2D eigenvalue weighted by Crippen LogP contribution is -2.27. The largest absolute Gasteiger partial charge is 0.507 e. The summed E-state index contributed by atoms with van der Waals surface area (Å²) >= 11 is 0. The van der Waals surface area contributed by atoms with Crippen molar-refractivity contribution in [2.24, 2.45) is 0 Å². The highest BCUT2D eigenvalue weighted by atomic mass is 16.6. The van der Waals surface area contributed by atoms with Crippen molar-refractivity contribution in [3.63, 3.8) is 0 Å². The van der Waals surface area contributed by atoms with Crippen LogP contribution in [0, 0.1) is 0 Å². The van der Waals surface area contributed by atoms with E-state index in [4.69, 9.17) is 9.15 Å². The summed E-state index contributed by atoms with van der Waals surface area (Å²) in [5, 5.41) is 20.5. The highest BCUT2D eigenvalue weighted by Crippen LogP contribution is 2.33. The molecule has 1 amide bonds. The van der Waals surface area contributed by atoms with E-state index in [1.807, 2.05) is 0 Å². The second kappa shape index (κ2) is 10.2. The predicted molar refractivity (Wildman–Crippen MR) is 107 cm³/mol. The van der Waals surface area contributed by atoms with Gasteiger partial charge in [-0.05, 0) is 30.7 Å². The van der Waals surface area contributed by atoms with Crippen LogP contribution in [0.1, 0.15) is 39.0 Å². The highest BCUT2D eigenvalue weighted by Gasteiger charge is 2.12. The molecule has 0 saturated heterocycles. The van der Waals surface area contributed by atoms with Gasteiger partial charge in [-0.15, -0.1) is 10.2 Å². The summed E-state index contributed by atoms with van der Waals surface area (Å²) < 4.78 is 10.5. The fraction of sp³-hybridized carbons (Fsp3) is 0.333. The van der Waals surface area contributed by atoms with E-state index in [0.717, 1.165) is 12.8 Å². The number of aromatic hydroxyl groups is 1. The van der Waals surface area contributed by atoms with Crippen molar-refractivity contribution < 1.29 is 19.1 Å². The highest BCUT2D eigenvalue weighted by molar-refractivity contribution is 5.76. The summed E-state index contributed by atoms with van der Waals surface area (Å²) in [6.45, 7) is 2.74. The molecule has 0 saturated carbocycles. The van der Waals surface area contributed by atoms with E-state index >= 15 is 0 Å². The molecule has 0 radical (unpaired) electrons. The minimum absolute atomic E-state index is 0.0400. The second-order valence-electron chi connectivity index (χ2n) is 6.62. The topological polar surface area (TPSA) is 110 Å². The number of unbranched alkanes of at least 4 members (excludes halogenated alkanes) is 4. The van der Waals surface area contributed by atoms with Crippen molar-refractivity contribution >= 4 is 6.09 Å². The molecule has 0 unspecified atom stereocenters. The Bertz CT molecular complexity index is 928.